The summed E-state index contributed by atoms with van der Waals surface area (Å²) in [5, 5.41) is 11.2. The Morgan fingerprint density at radius 3 is 2.56 bits per heavy atom. The van der Waals surface area contributed by atoms with Crippen LogP contribution in [-0.4, -0.2) is 59.1 Å². The number of H-pyrrole nitrogens is 1. The van der Waals surface area contributed by atoms with Crippen molar-refractivity contribution in [2.24, 2.45) is 5.92 Å². The maximum Gasteiger partial charge on any atom is 0.290 e. The maximum atomic E-state index is 12.8. The van der Waals surface area contributed by atoms with Crippen molar-refractivity contribution in [2.75, 3.05) is 13.1 Å². The molecule has 1 fully saturated rings. The van der Waals surface area contributed by atoms with Crippen molar-refractivity contribution < 1.29 is 24.0 Å². The molecule has 10 heteroatoms. The predicted octanol–water partition coefficient (Wildman–Crippen LogP) is 0.783. The van der Waals surface area contributed by atoms with Gasteiger partial charge in [-0.3, -0.25) is 24.0 Å². The fourth-order valence-corrected chi connectivity index (χ4v) is 3.83. The molecule has 2 atom stereocenters. The lowest BCUT2D eigenvalue weighted by molar-refractivity contribution is -0.141. The second-order valence-electron chi connectivity index (χ2n) is 9.51. The molecule has 0 radical (unpaired) electrons. The number of ketones is 1. The Bertz CT molecular complexity index is 1070. The van der Waals surface area contributed by atoms with Crippen LogP contribution in [-0.2, 0) is 19.2 Å². The van der Waals surface area contributed by atoms with Gasteiger partial charge in [-0.2, -0.15) is 0 Å². The van der Waals surface area contributed by atoms with E-state index in [0.717, 1.165) is 17.3 Å². The van der Waals surface area contributed by atoms with Crippen molar-refractivity contribution in [3.05, 3.63) is 36.0 Å². The first-order chi connectivity index (χ1) is 16.0. The minimum atomic E-state index is -1.19. The van der Waals surface area contributed by atoms with Crippen molar-refractivity contribution in [1.29, 1.82) is 0 Å². The first-order valence-electron chi connectivity index (χ1n) is 11.3. The normalized spacial score (nSPS) is 16.9. The molecule has 4 amide bonds. The van der Waals surface area contributed by atoms with Gasteiger partial charge < -0.3 is 26.3 Å². The lowest BCUT2D eigenvalue weighted by atomic mass is 9.89. The Hall–Kier alpha value is -3.69. The van der Waals surface area contributed by atoms with E-state index in [0.29, 0.717) is 18.7 Å². The molecule has 0 aliphatic carbocycles. The molecule has 1 aromatic carbocycles. The van der Waals surface area contributed by atoms with E-state index in [2.05, 4.69) is 26.3 Å². The summed E-state index contributed by atoms with van der Waals surface area (Å²) in [5.41, 5.74) is 0.445. The second-order valence-corrected chi connectivity index (χ2v) is 9.51. The second kappa shape index (κ2) is 10.5. The fourth-order valence-electron chi connectivity index (χ4n) is 3.83. The summed E-state index contributed by atoms with van der Waals surface area (Å²) in [6.07, 6.45) is 1.31. The molecule has 1 aliphatic heterocycles. The molecule has 2 unspecified atom stereocenters. The molecule has 34 heavy (non-hydrogen) atoms. The third kappa shape index (κ3) is 6.66. The summed E-state index contributed by atoms with van der Waals surface area (Å²) in [7, 11) is 0. The number of carbonyl (C=O) groups excluding carboxylic acids is 5. The van der Waals surface area contributed by atoms with Crippen LogP contribution in [0.3, 0.4) is 0 Å². The van der Waals surface area contributed by atoms with Gasteiger partial charge >= 0.3 is 0 Å². The zero-order chi connectivity index (χ0) is 24.9. The predicted molar refractivity (Wildman–Crippen MR) is 126 cm³/mol. The number of para-hydroxylation sites is 1. The van der Waals surface area contributed by atoms with Gasteiger partial charge in [0.1, 0.15) is 5.69 Å². The van der Waals surface area contributed by atoms with Crippen LogP contribution in [0.2, 0.25) is 0 Å². The highest BCUT2D eigenvalue weighted by molar-refractivity contribution is 6.38. The number of Topliss-reactive ketones (excluding diaryl/α,β-unsaturated/α-hetero) is 1. The fraction of sp³-hybridized carbons (Fsp3) is 0.458. The average molecular weight is 470 g/mol. The van der Waals surface area contributed by atoms with Gasteiger partial charge in [0.2, 0.25) is 17.6 Å². The number of benzene rings is 1. The largest absolute Gasteiger partial charge is 0.356 e. The third-order valence-corrected chi connectivity index (χ3v) is 5.47. The van der Waals surface area contributed by atoms with E-state index in [9.17, 15) is 24.0 Å². The molecule has 1 aromatic heterocycles. The number of carbonyl (C=O) groups is 5. The van der Waals surface area contributed by atoms with Crippen LogP contribution in [0, 0.1) is 5.92 Å². The molecule has 0 bridgehead atoms. The molecule has 0 spiro atoms. The molecule has 2 aromatic rings. The van der Waals surface area contributed by atoms with Gasteiger partial charge in [-0.15, -0.1) is 0 Å². The molecule has 0 saturated carbocycles. The standard InChI is InChI=1S/C24H31N5O5/c1-24(2,3)29-23(34)20(31)17(12-15-8-6-10-25-21(15)32)28-19(30)13-26-22(33)18-11-14-7-4-5-9-16(14)27-18/h4-5,7,9,11,15,17,27H,6,8,10,12-13H2,1-3H3,(H,25,32)(H,26,33)(H,28,30)(H,29,34). The summed E-state index contributed by atoms with van der Waals surface area (Å²) in [4.78, 5) is 65.5. The van der Waals surface area contributed by atoms with E-state index >= 15 is 0 Å². The van der Waals surface area contributed by atoms with Crippen LogP contribution in [0.1, 0.15) is 50.5 Å². The minimum Gasteiger partial charge on any atom is -0.356 e. The summed E-state index contributed by atoms with van der Waals surface area (Å²) in [5.74, 6) is -3.48. The summed E-state index contributed by atoms with van der Waals surface area (Å²) < 4.78 is 0. The smallest absolute Gasteiger partial charge is 0.290 e. The molecule has 10 nitrogen and oxygen atoms in total. The first kappa shape index (κ1) is 24.9. The molecule has 1 aliphatic rings. The van der Waals surface area contributed by atoms with E-state index in [-0.39, 0.29) is 12.3 Å². The average Bonchev–Trinajstić information content (AvgIpc) is 3.21. The summed E-state index contributed by atoms with van der Waals surface area (Å²) in [6.45, 7) is 5.38. The van der Waals surface area contributed by atoms with Crippen LogP contribution in [0.25, 0.3) is 10.9 Å². The van der Waals surface area contributed by atoms with E-state index < -0.39 is 47.5 Å². The van der Waals surface area contributed by atoms with Crippen molar-refractivity contribution in [3.8, 4) is 0 Å². The number of rotatable bonds is 8. The highest BCUT2D eigenvalue weighted by atomic mass is 16.2. The number of hydrogen-bond donors (Lipinski definition) is 5. The number of nitrogens with one attached hydrogen (secondary N) is 5. The highest BCUT2D eigenvalue weighted by Crippen LogP contribution is 2.18. The molecule has 1 saturated heterocycles. The van der Waals surface area contributed by atoms with E-state index in [4.69, 9.17) is 0 Å². The third-order valence-electron chi connectivity index (χ3n) is 5.47. The topological polar surface area (TPSA) is 149 Å². The lowest BCUT2D eigenvalue weighted by Crippen LogP contribution is -2.54. The van der Waals surface area contributed by atoms with Gasteiger partial charge in [-0.1, -0.05) is 18.2 Å². The number of amides is 4. The van der Waals surface area contributed by atoms with E-state index in [1.165, 1.54) is 0 Å². The number of aromatic nitrogens is 1. The Labute approximate surface area is 197 Å². The maximum absolute atomic E-state index is 12.8. The van der Waals surface area contributed by atoms with Crippen LogP contribution in [0.4, 0.5) is 0 Å². The summed E-state index contributed by atoms with van der Waals surface area (Å²) in [6, 6.07) is 7.87. The molecule has 3 rings (SSSR count). The Balaban J connectivity index is 1.64. The van der Waals surface area contributed by atoms with Crippen LogP contribution >= 0.6 is 0 Å². The molecule has 5 N–H and O–H groups in total. The lowest BCUT2D eigenvalue weighted by Gasteiger charge is -2.27. The van der Waals surface area contributed by atoms with Gasteiger partial charge in [0, 0.05) is 28.9 Å². The number of fused-ring (bicyclic) bond motifs is 1. The van der Waals surface area contributed by atoms with Gasteiger partial charge in [-0.25, -0.2) is 0 Å². The van der Waals surface area contributed by atoms with E-state index in [1.54, 1.807) is 26.8 Å². The Kier molecular flexibility index (Phi) is 7.70. The Morgan fingerprint density at radius 1 is 1.15 bits per heavy atom. The molecular formula is C24H31N5O5. The van der Waals surface area contributed by atoms with Gasteiger partial charge in [0.05, 0.1) is 12.6 Å². The molecular weight excluding hydrogens is 438 g/mol. The SMILES string of the molecule is CC(C)(C)NC(=O)C(=O)C(CC1CCCNC1=O)NC(=O)CNC(=O)c1cc2ccccc2[nH]1. The van der Waals surface area contributed by atoms with E-state index in [1.807, 2.05) is 24.3 Å². The van der Waals surface area contributed by atoms with Crippen molar-refractivity contribution in [1.82, 2.24) is 26.3 Å². The Morgan fingerprint density at radius 2 is 1.88 bits per heavy atom. The quantitative estimate of drug-likeness (QED) is 0.362. The van der Waals surface area contributed by atoms with Crippen LogP contribution in [0.5, 0.6) is 0 Å². The molecule has 2 heterocycles. The zero-order valence-corrected chi connectivity index (χ0v) is 19.6. The first-order valence-corrected chi connectivity index (χ1v) is 11.3. The van der Waals surface area contributed by atoms with Crippen LogP contribution < -0.4 is 21.3 Å². The van der Waals surface area contributed by atoms with Gasteiger partial charge in [0.25, 0.3) is 11.8 Å². The van der Waals surface area contributed by atoms with Crippen molar-refractivity contribution >= 4 is 40.3 Å². The minimum absolute atomic E-state index is 0.00390. The molecule has 182 valence electrons. The zero-order valence-electron chi connectivity index (χ0n) is 19.6. The summed E-state index contributed by atoms with van der Waals surface area (Å²) >= 11 is 0. The van der Waals surface area contributed by atoms with Gasteiger partial charge in [-0.05, 0) is 52.2 Å². The monoisotopic (exact) mass is 469 g/mol. The highest BCUT2D eigenvalue weighted by Gasteiger charge is 2.34. The number of hydrogen-bond acceptors (Lipinski definition) is 5. The van der Waals surface area contributed by atoms with Crippen molar-refractivity contribution in [2.45, 2.75) is 51.6 Å². The number of piperidine rings is 1. The van der Waals surface area contributed by atoms with Crippen LogP contribution in [0.15, 0.2) is 30.3 Å². The van der Waals surface area contributed by atoms with Crippen molar-refractivity contribution in [3.63, 3.8) is 0 Å². The van der Waals surface area contributed by atoms with Gasteiger partial charge in [0.15, 0.2) is 0 Å². The number of aromatic amines is 1.